The highest BCUT2D eigenvalue weighted by Crippen LogP contribution is 2.26. The molecule has 112 valence electrons. The first-order chi connectivity index (χ1) is 10.0. The molecular formula is C14H15ClFN3O2. The third-order valence-corrected chi connectivity index (χ3v) is 4.26. The van der Waals surface area contributed by atoms with Crippen LogP contribution in [0.2, 0.25) is 5.02 Å². The van der Waals surface area contributed by atoms with E-state index in [1.807, 2.05) is 0 Å². The highest BCUT2D eigenvalue weighted by atomic mass is 35.5. The number of rotatable bonds is 2. The molecule has 1 unspecified atom stereocenters. The van der Waals surface area contributed by atoms with Crippen LogP contribution >= 0.6 is 11.6 Å². The molecule has 2 saturated heterocycles. The predicted octanol–water partition coefficient (Wildman–Crippen LogP) is 1.65. The Bertz CT molecular complexity index is 602. The first kappa shape index (κ1) is 14.3. The monoisotopic (exact) mass is 311 g/mol. The second-order valence-corrected chi connectivity index (χ2v) is 5.84. The number of amides is 3. The average Bonchev–Trinajstić information content (AvgIpc) is 2.68. The minimum Gasteiger partial charge on any atom is -0.322 e. The van der Waals surface area contributed by atoms with Gasteiger partial charge in [-0.2, -0.15) is 0 Å². The normalized spacial score (nSPS) is 25.5. The third-order valence-electron chi connectivity index (χ3n) is 3.95. The van der Waals surface area contributed by atoms with Gasteiger partial charge in [-0.25, -0.2) is 9.18 Å². The Hall–Kier alpha value is -1.66. The molecule has 0 aliphatic carbocycles. The zero-order valence-corrected chi connectivity index (χ0v) is 12.0. The number of hydrogen-bond donors (Lipinski definition) is 2. The summed E-state index contributed by atoms with van der Waals surface area (Å²) in [6, 6.07) is 3.84. The van der Waals surface area contributed by atoms with Gasteiger partial charge in [0.05, 0.1) is 11.6 Å². The lowest BCUT2D eigenvalue weighted by molar-refractivity contribution is -0.132. The summed E-state index contributed by atoms with van der Waals surface area (Å²) in [5.74, 6) is -0.815. The lowest BCUT2D eigenvalue weighted by atomic mass is 9.90. The van der Waals surface area contributed by atoms with Crippen LogP contribution in [0, 0.1) is 5.82 Å². The van der Waals surface area contributed by atoms with E-state index in [1.165, 1.54) is 12.1 Å². The van der Waals surface area contributed by atoms with E-state index in [4.69, 9.17) is 11.6 Å². The van der Waals surface area contributed by atoms with E-state index in [1.54, 1.807) is 6.07 Å². The van der Waals surface area contributed by atoms with Gasteiger partial charge in [-0.3, -0.25) is 9.69 Å². The number of urea groups is 1. The lowest BCUT2D eigenvalue weighted by Crippen LogP contribution is -2.57. The van der Waals surface area contributed by atoms with Gasteiger partial charge in [0.15, 0.2) is 0 Å². The van der Waals surface area contributed by atoms with Gasteiger partial charge in [-0.15, -0.1) is 0 Å². The summed E-state index contributed by atoms with van der Waals surface area (Å²) >= 11 is 5.63. The Morgan fingerprint density at radius 2 is 2.19 bits per heavy atom. The van der Waals surface area contributed by atoms with Crippen molar-refractivity contribution in [3.8, 4) is 0 Å². The van der Waals surface area contributed by atoms with Gasteiger partial charge in [-0.05, 0) is 37.1 Å². The van der Waals surface area contributed by atoms with E-state index in [0.29, 0.717) is 18.5 Å². The van der Waals surface area contributed by atoms with Crippen LogP contribution in [-0.4, -0.2) is 35.5 Å². The molecule has 3 amide bonds. The van der Waals surface area contributed by atoms with Crippen molar-refractivity contribution in [3.63, 3.8) is 0 Å². The molecule has 1 aromatic carbocycles. The molecule has 2 aliphatic rings. The fourth-order valence-electron chi connectivity index (χ4n) is 2.83. The first-order valence-electron chi connectivity index (χ1n) is 6.81. The predicted molar refractivity (Wildman–Crippen MR) is 75.3 cm³/mol. The zero-order valence-electron chi connectivity index (χ0n) is 11.3. The van der Waals surface area contributed by atoms with Crippen molar-refractivity contribution in [2.24, 2.45) is 0 Å². The highest BCUT2D eigenvalue weighted by Gasteiger charge is 2.51. The van der Waals surface area contributed by atoms with Crippen molar-refractivity contribution in [2.45, 2.75) is 24.9 Å². The van der Waals surface area contributed by atoms with Crippen molar-refractivity contribution in [1.82, 2.24) is 15.5 Å². The standard InChI is InChI=1S/C14H15ClFN3O2/c15-10-3-2-9(6-11(10)16)7-19-12(20)14(18-13(19)21)4-1-5-17-8-14/h2-3,6,17H,1,4-5,7-8H2,(H,18,21). The molecule has 0 bridgehead atoms. The van der Waals surface area contributed by atoms with Gasteiger partial charge < -0.3 is 10.6 Å². The fraction of sp³-hybridized carbons (Fsp3) is 0.429. The summed E-state index contributed by atoms with van der Waals surface area (Å²) in [7, 11) is 0. The Balaban J connectivity index is 1.80. The highest BCUT2D eigenvalue weighted by molar-refractivity contribution is 6.30. The average molecular weight is 312 g/mol. The third kappa shape index (κ3) is 2.49. The van der Waals surface area contributed by atoms with Crippen LogP contribution in [0.3, 0.4) is 0 Å². The molecule has 21 heavy (non-hydrogen) atoms. The van der Waals surface area contributed by atoms with Crippen LogP contribution in [0.15, 0.2) is 18.2 Å². The minimum absolute atomic E-state index is 0.0175. The van der Waals surface area contributed by atoms with Crippen molar-refractivity contribution >= 4 is 23.5 Å². The van der Waals surface area contributed by atoms with Crippen molar-refractivity contribution in [1.29, 1.82) is 0 Å². The van der Waals surface area contributed by atoms with E-state index in [9.17, 15) is 14.0 Å². The van der Waals surface area contributed by atoms with Gasteiger partial charge in [0.1, 0.15) is 11.4 Å². The van der Waals surface area contributed by atoms with Crippen molar-refractivity contribution in [2.75, 3.05) is 13.1 Å². The number of imide groups is 1. The van der Waals surface area contributed by atoms with E-state index >= 15 is 0 Å². The molecule has 1 atom stereocenters. The Morgan fingerprint density at radius 1 is 1.38 bits per heavy atom. The van der Waals surface area contributed by atoms with Crippen molar-refractivity contribution in [3.05, 3.63) is 34.6 Å². The maximum atomic E-state index is 13.4. The topological polar surface area (TPSA) is 61.4 Å². The van der Waals surface area contributed by atoms with Crippen LogP contribution in [0.1, 0.15) is 18.4 Å². The van der Waals surface area contributed by atoms with E-state index in [0.717, 1.165) is 17.9 Å². The van der Waals surface area contributed by atoms with Crippen LogP contribution in [-0.2, 0) is 11.3 Å². The lowest BCUT2D eigenvalue weighted by Gasteiger charge is -2.31. The molecule has 5 nitrogen and oxygen atoms in total. The molecule has 1 aromatic rings. The van der Waals surface area contributed by atoms with Crippen LogP contribution in [0.25, 0.3) is 0 Å². The number of carbonyl (C=O) groups is 2. The summed E-state index contributed by atoms with van der Waals surface area (Å²) in [4.78, 5) is 25.7. The molecule has 2 fully saturated rings. The second-order valence-electron chi connectivity index (χ2n) is 5.43. The van der Waals surface area contributed by atoms with E-state index in [-0.39, 0.29) is 17.5 Å². The number of hydrogen-bond acceptors (Lipinski definition) is 3. The van der Waals surface area contributed by atoms with Gasteiger partial charge in [-0.1, -0.05) is 17.7 Å². The summed E-state index contributed by atoms with van der Waals surface area (Å²) in [6.07, 6.45) is 1.45. The first-order valence-corrected chi connectivity index (χ1v) is 7.18. The largest absolute Gasteiger partial charge is 0.325 e. The van der Waals surface area contributed by atoms with Crippen LogP contribution < -0.4 is 10.6 Å². The molecule has 3 rings (SSSR count). The maximum Gasteiger partial charge on any atom is 0.325 e. The van der Waals surface area contributed by atoms with E-state index < -0.39 is 17.4 Å². The van der Waals surface area contributed by atoms with Crippen LogP contribution in [0.4, 0.5) is 9.18 Å². The molecule has 0 radical (unpaired) electrons. The number of benzene rings is 1. The van der Waals surface area contributed by atoms with E-state index in [2.05, 4.69) is 10.6 Å². The van der Waals surface area contributed by atoms with Gasteiger partial charge in [0.2, 0.25) is 0 Å². The Kier molecular flexibility index (Phi) is 3.59. The second kappa shape index (κ2) is 5.27. The minimum atomic E-state index is -0.847. The summed E-state index contributed by atoms with van der Waals surface area (Å²) in [5, 5.41) is 5.92. The smallest absolute Gasteiger partial charge is 0.322 e. The zero-order chi connectivity index (χ0) is 15.0. The molecule has 2 heterocycles. The molecule has 0 saturated carbocycles. The number of piperidine rings is 1. The summed E-state index contributed by atoms with van der Waals surface area (Å²) < 4.78 is 13.4. The Labute approximate surface area is 126 Å². The maximum absolute atomic E-state index is 13.4. The van der Waals surface area contributed by atoms with Gasteiger partial charge in [0, 0.05) is 6.54 Å². The number of nitrogens with zero attached hydrogens (tertiary/aromatic N) is 1. The molecule has 2 N–H and O–H groups in total. The molecule has 1 spiro atoms. The van der Waals surface area contributed by atoms with Gasteiger partial charge in [0.25, 0.3) is 5.91 Å². The van der Waals surface area contributed by atoms with Crippen molar-refractivity contribution < 1.29 is 14.0 Å². The number of halogens is 2. The molecule has 2 aliphatic heterocycles. The number of carbonyl (C=O) groups excluding carboxylic acids is 2. The van der Waals surface area contributed by atoms with Crippen LogP contribution in [0.5, 0.6) is 0 Å². The number of nitrogens with one attached hydrogen (secondary N) is 2. The summed E-state index contributed by atoms with van der Waals surface area (Å²) in [5.41, 5.74) is -0.318. The SMILES string of the molecule is O=C1NC2(CCCNC2)C(=O)N1Cc1ccc(Cl)c(F)c1. The fourth-order valence-corrected chi connectivity index (χ4v) is 2.95. The Morgan fingerprint density at radius 3 is 2.86 bits per heavy atom. The molecule has 7 heteroatoms. The molecule has 0 aromatic heterocycles. The quantitative estimate of drug-likeness (QED) is 0.817. The summed E-state index contributed by atoms with van der Waals surface area (Å²) in [6.45, 7) is 1.32. The van der Waals surface area contributed by atoms with Gasteiger partial charge >= 0.3 is 6.03 Å². The molecular weight excluding hydrogens is 297 g/mol.